The van der Waals surface area contributed by atoms with Crippen LogP contribution in [-0.2, 0) is 23.6 Å². The molecule has 0 saturated heterocycles. The van der Waals surface area contributed by atoms with Crippen molar-refractivity contribution >= 4 is 72.8 Å². The Kier molecular flexibility index (Phi) is 30.5. The third kappa shape index (κ3) is 28.8. The van der Waals surface area contributed by atoms with E-state index in [0.717, 1.165) is 36.5 Å². The predicted octanol–water partition coefficient (Wildman–Crippen LogP) is 9.47. The van der Waals surface area contributed by atoms with Gasteiger partial charge >= 0.3 is 272 Å². The molecule has 0 amide bonds. The monoisotopic (exact) mass is 744 g/mol. The van der Waals surface area contributed by atoms with Crippen LogP contribution in [0.2, 0.25) is 4.94 Å². The molecule has 0 aromatic rings. The summed E-state index contributed by atoms with van der Waals surface area (Å²) in [4.78, 5) is 39.4. The molecule has 0 N–H and O–H groups in total. The van der Waals surface area contributed by atoms with E-state index < -0.39 is 37.5 Å². The fourth-order valence-corrected chi connectivity index (χ4v) is 11.9. The van der Waals surface area contributed by atoms with Gasteiger partial charge in [0.05, 0.1) is 0 Å². The Morgan fingerprint density at radius 2 is 0.683 bits per heavy atom. The van der Waals surface area contributed by atoms with Crippen molar-refractivity contribution in [2.75, 3.05) is 34.5 Å². The number of hydrogen-bond acceptors (Lipinski definition) is 9. The fraction of sp³-hybridized carbons (Fsp3) is 0.903. The first kappa shape index (κ1) is 41.3. The summed E-state index contributed by atoms with van der Waals surface area (Å²) in [5.41, 5.74) is 0. The van der Waals surface area contributed by atoms with Crippen LogP contribution in [0.1, 0.15) is 136 Å². The van der Waals surface area contributed by atoms with Crippen LogP contribution in [0.4, 0.5) is 0 Å². The quantitative estimate of drug-likeness (QED) is 0.0528. The van der Waals surface area contributed by atoms with E-state index in [9.17, 15) is 14.4 Å². The standard InChI is InChI=1S/3C10H20O2S.CH3.Sn/c3*1-2-3-4-5-6-7-8-13-9-10(11)12;;/h3*2-9H2,1H3,(H,11,12);1H3;/q;;;;+3/p-3. The zero-order chi connectivity index (χ0) is 30.4. The van der Waals surface area contributed by atoms with Gasteiger partial charge in [0.2, 0.25) is 0 Å². The number of carbonyl (C=O) groups is 3. The Balaban J connectivity index is 4.59. The van der Waals surface area contributed by atoms with Crippen molar-refractivity contribution in [1.82, 2.24) is 0 Å². The Hall–Kier alpha value is 0.259. The number of thioether (sulfide) groups is 3. The van der Waals surface area contributed by atoms with Crippen molar-refractivity contribution < 1.29 is 23.6 Å². The van der Waals surface area contributed by atoms with Crippen molar-refractivity contribution in [2.45, 2.75) is 141 Å². The molecule has 0 spiro atoms. The SMILES string of the molecule is CCCCCCCCSCC(=O)[O][Sn]([CH3])([O]C(=O)CSCCCCCCCC)[O]C(=O)CSCCCCCCCC. The molecule has 0 aliphatic rings. The van der Waals surface area contributed by atoms with E-state index >= 15 is 0 Å². The molecular formula is C31H60O6S3Sn. The molecule has 0 rings (SSSR count). The summed E-state index contributed by atoms with van der Waals surface area (Å²) < 4.78 is 16.9. The molecule has 0 aliphatic carbocycles. The van der Waals surface area contributed by atoms with Crippen LogP contribution in [0.25, 0.3) is 0 Å². The molecule has 0 unspecified atom stereocenters. The van der Waals surface area contributed by atoms with E-state index in [4.69, 9.17) is 9.22 Å². The van der Waals surface area contributed by atoms with Crippen molar-refractivity contribution in [1.29, 1.82) is 0 Å². The molecule has 0 bridgehead atoms. The topological polar surface area (TPSA) is 78.9 Å². The summed E-state index contributed by atoms with van der Waals surface area (Å²) in [7, 11) is 0. The first-order valence-electron chi connectivity index (χ1n) is 16.3. The van der Waals surface area contributed by atoms with Crippen LogP contribution in [0.15, 0.2) is 0 Å². The Morgan fingerprint density at radius 1 is 0.439 bits per heavy atom. The van der Waals surface area contributed by atoms with E-state index in [2.05, 4.69) is 20.8 Å². The predicted molar refractivity (Wildman–Crippen MR) is 182 cm³/mol. The van der Waals surface area contributed by atoms with E-state index in [1.54, 1.807) is 4.94 Å². The third-order valence-electron chi connectivity index (χ3n) is 6.48. The zero-order valence-electron chi connectivity index (χ0n) is 26.6. The second-order valence-corrected chi connectivity index (χ2v) is 20.7. The maximum absolute atomic E-state index is 12.6. The van der Waals surface area contributed by atoms with Crippen molar-refractivity contribution in [3.8, 4) is 0 Å². The molecule has 0 fully saturated rings. The normalized spacial score (nSPS) is 11.4. The van der Waals surface area contributed by atoms with Crippen LogP contribution in [0.3, 0.4) is 0 Å². The van der Waals surface area contributed by atoms with Crippen molar-refractivity contribution in [3.05, 3.63) is 0 Å². The Labute approximate surface area is 270 Å². The molecule has 0 aromatic heterocycles. The zero-order valence-corrected chi connectivity index (χ0v) is 31.9. The first-order chi connectivity index (χ1) is 19.9. The second kappa shape index (κ2) is 30.3. The molecule has 0 saturated carbocycles. The molecule has 41 heavy (non-hydrogen) atoms. The van der Waals surface area contributed by atoms with Crippen LogP contribution < -0.4 is 0 Å². The minimum atomic E-state index is -4.69. The van der Waals surface area contributed by atoms with Gasteiger partial charge in [-0.3, -0.25) is 0 Å². The summed E-state index contributed by atoms with van der Waals surface area (Å²) in [5, 5.41) is 0. The fourth-order valence-electron chi connectivity index (χ4n) is 4.19. The molecule has 0 radical (unpaired) electrons. The first-order valence-corrected chi connectivity index (χ1v) is 26.1. The van der Waals surface area contributed by atoms with Gasteiger partial charge in [-0.2, -0.15) is 0 Å². The van der Waals surface area contributed by atoms with Crippen LogP contribution in [0, 0.1) is 0 Å². The summed E-state index contributed by atoms with van der Waals surface area (Å²) in [6.45, 7) is 6.62. The van der Waals surface area contributed by atoms with Gasteiger partial charge in [0.1, 0.15) is 0 Å². The van der Waals surface area contributed by atoms with Crippen molar-refractivity contribution in [3.63, 3.8) is 0 Å². The van der Waals surface area contributed by atoms with Crippen LogP contribution in [0.5, 0.6) is 0 Å². The minimum absolute atomic E-state index is 0.177. The van der Waals surface area contributed by atoms with E-state index in [0.29, 0.717) is 0 Å². The number of unbranched alkanes of at least 4 members (excludes halogenated alkanes) is 15. The summed E-state index contributed by atoms with van der Waals surface area (Å²) in [6.07, 6.45) is 21.7. The van der Waals surface area contributed by atoms with E-state index in [1.807, 2.05) is 0 Å². The van der Waals surface area contributed by atoms with Gasteiger partial charge in [0.15, 0.2) is 0 Å². The third-order valence-corrected chi connectivity index (χ3v) is 14.7. The number of hydrogen-bond donors (Lipinski definition) is 0. The van der Waals surface area contributed by atoms with Crippen molar-refractivity contribution in [2.24, 2.45) is 0 Å². The van der Waals surface area contributed by atoms with Gasteiger partial charge in [-0.15, -0.1) is 0 Å². The summed E-state index contributed by atoms with van der Waals surface area (Å²) in [5.74, 6) is 1.81. The van der Waals surface area contributed by atoms with Gasteiger partial charge in [-0.25, -0.2) is 0 Å². The van der Waals surface area contributed by atoms with Gasteiger partial charge in [-0.05, 0) is 0 Å². The van der Waals surface area contributed by atoms with Crippen LogP contribution in [-0.4, -0.2) is 72.0 Å². The molecule has 10 heteroatoms. The summed E-state index contributed by atoms with van der Waals surface area (Å²) >= 11 is -0.117. The number of rotatable bonds is 30. The second-order valence-electron chi connectivity index (χ2n) is 10.7. The van der Waals surface area contributed by atoms with Gasteiger partial charge in [-0.1, -0.05) is 0 Å². The maximum atomic E-state index is 12.6. The molecule has 0 aromatic carbocycles. The van der Waals surface area contributed by atoms with Gasteiger partial charge < -0.3 is 0 Å². The Morgan fingerprint density at radius 3 is 0.951 bits per heavy atom. The summed E-state index contributed by atoms with van der Waals surface area (Å²) in [6, 6.07) is 0. The molecular weight excluding hydrogens is 683 g/mol. The Bertz CT molecular complexity index is 570. The number of carbonyl (C=O) groups excluding carboxylic acids is 3. The molecule has 242 valence electrons. The average Bonchev–Trinajstić information content (AvgIpc) is 2.92. The molecule has 0 heterocycles. The van der Waals surface area contributed by atoms with Crippen LogP contribution >= 0.6 is 35.3 Å². The molecule has 0 aliphatic heterocycles. The average molecular weight is 744 g/mol. The molecule has 6 nitrogen and oxygen atoms in total. The van der Waals surface area contributed by atoms with Gasteiger partial charge in [0.25, 0.3) is 0 Å². The van der Waals surface area contributed by atoms with E-state index in [-0.39, 0.29) is 17.3 Å². The van der Waals surface area contributed by atoms with Gasteiger partial charge in [0, 0.05) is 0 Å². The molecule has 0 atom stereocenters. The van der Waals surface area contributed by atoms with E-state index in [1.165, 1.54) is 132 Å².